The highest BCUT2D eigenvalue weighted by molar-refractivity contribution is 5.59. The third-order valence-electron chi connectivity index (χ3n) is 4.08. The number of nitrogens with one attached hydrogen (secondary N) is 2. The number of morpholine rings is 1. The summed E-state index contributed by atoms with van der Waals surface area (Å²) in [4.78, 5) is 10.2. The molecule has 1 aliphatic rings. The number of nitriles is 1. The maximum absolute atomic E-state index is 13.9. The van der Waals surface area contributed by atoms with Gasteiger partial charge in [0, 0.05) is 25.7 Å². The van der Waals surface area contributed by atoms with Crippen LogP contribution in [-0.2, 0) is 4.74 Å². The minimum Gasteiger partial charge on any atom is -0.381 e. The van der Waals surface area contributed by atoms with E-state index in [1.165, 1.54) is 19.3 Å². The van der Waals surface area contributed by atoms with E-state index in [4.69, 9.17) is 10.00 Å². The molecule has 10 heteroatoms. The van der Waals surface area contributed by atoms with Crippen molar-refractivity contribution in [3.8, 4) is 6.07 Å². The highest BCUT2D eigenvalue weighted by atomic mass is 19.1. The first kappa shape index (κ1) is 18.9. The molecule has 3 heterocycles. The van der Waals surface area contributed by atoms with Crippen molar-refractivity contribution in [1.82, 2.24) is 25.1 Å². The standard InChI is InChI=1S/C17H21FN8O/c1-11(18)17-14(21-8-13-10-26(2)3-4-27-13)5-15(24-25-17)23-16-9-20-12(6-19)7-22-16/h5,7,9,11,13H,3-4,8,10H2,1-2H3,(H2,21,22,23,24)/t11?,13-/m0/s1. The summed E-state index contributed by atoms with van der Waals surface area (Å²) < 4.78 is 19.6. The van der Waals surface area contributed by atoms with Gasteiger partial charge in [-0.25, -0.2) is 14.4 Å². The number of ether oxygens (including phenoxy) is 1. The molecule has 27 heavy (non-hydrogen) atoms. The Balaban J connectivity index is 1.72. The van der Waals surface area contributed by atoms with Gasteiger partial charge in [0.25, 0.3) is 0 Å². The molecule has 1 aliphatic heterocycles. The summed E-state index contributed by atoms with van der Waals surface area (Å²) >= 11 is 0. The van der Waals surface area contributed by atoms with Crippen LogP contribution in [-0.4, -0.2) is 64.5 Å². The minimum atomic E-state index is -1.27. The van der Waals surface area contributed by atoms with Crippen molar-refractivity contribution in [2.75, 3.05) is 43.9 Å². The number of anilines is 3. The normalized spacial score (nSPS) is 18.5. The Labute approximate surface area is 156 Å². The first-order chi connectivity index (χ1) is 13.0. The van der Waals surface area contributed by atoms with Crippen LogP contribution in [0.1, 0.15) is 24.5 Å². The Morgan fingerprint density at radius 1 is 1.37 bits per heavy atom. The van der Waals surface area contributed by atoms with Crippen molar-refractivity contribution in [1.29, 1.82) is 5.26 Å². The molecular weight excluding hydrogens is 351 g/mol. The highest BCUT2D eigenvalue weighted by Crippen LogP contribution is 2.26. The Morgan fingerprint density at radius 3 is 2.89 bits per heavy atom. The molecule has 2 aromatic heterocycles. The van der Waals surface area contributed by atoms with E-state index in [1.54, 1.807) is 6.07 Å². The van der Waals surface area contributed by atoms with Gasteiger partial charge in [0.15, 0.2) is 11.5 Å². The third kappa shape index (κ3) is 5.06. The second kappa shape index (κ2) is 8.66. The van der Waals surface area contributed by atoms with Gasteiger partial charge in [-0.05, 0) is 14.0 Å². The smallest absolute Gasteiger partial charge is 0.158 e. The Kier molecular flexibility index (Phi) is 6.05. The van der Waals surface area contributed by atoms with Crippen LogP contribution in [0.5, 0.6) is 0 Å². The van der Waals surface area contributed by atoms with Crippen molar-refractivity contribution in [2.24, 2.45) is 0 Å². The van der Waals surface area contributed by atoms with Crippen molar-refractivity contribution in [2.45, 2.75) is 19.2 Å². The van der Waals surface area contributed by atoms with Gasteiger partial charge in [-0.2, -0.15) is 5.26 Å². The van der Waals surface area contributed by atoms with Crippen LogP contribution in [0.15, 0.2) is 18.5 Å². The maximum Gasteiger partial charge on any atom is 0.158 e. The van der Waals surface area contributed by atoms with Crippen LogP contribution < -0.4 is 10.6 Å². The number of nitrogens with zero attached hydrogens (tertiary/aromatic N) is 6. The van der Waals surface area contributed by atoms with Crippen LogP contribution >= 0.6 is 0 Å². The summed E-state index contributed by atoms with van der Waals surface area (Å²) in [6, 6.07) is 3.57. The number of rotatable bonds is 6. The average Bonchev–Trinajstić information content (AvgIpc) is 2.67. The molecule has 9 nitrogen and oxygen atoms in total. The predicted molar refractivity (Wildman–Crippen MR) is 97.3 cm³/mol. The number of alkyl halides is 1. The Hall–Kier alpha value is -2.90. The first-order valence-corrected chi connectivity index (χ1v) is 8.60. The van der Waals surface area contributed by atoms with Crippen molar-refractivity contribution in [3.63, 3.8) is 0 Å². The maximum atomic E-state index is 13.9. The van der Waals surface area contributed by atoms with Crippen molar-refractivity contribution in [3.05, 3.63) is 29.8 Å². The van der Waals surface area contributed by atoms with E-state index < -0.39 is 6.17 Å². The molecule has 3 rings (SSSR count). The molecule has 0 saturated carbocycles. The zero-order valence-corrected chi connectivity index (χ0v) is 15.2. The molecule has 0 amide bonds. The molecule has 2 atom stereocenters. The van der Waals surface area contributed by atoms with Crippen LogP contribution in [0.4, 0.5) is 21.7 Å². The highest BCUT2D eigenvalue weighted by Gasteiger charge is 2.19. The summed E-state index contributed by atoms with van der Waals surface area (Å²) in [6.45, 7) is 4.33. The number of hydrogen-bond acceptors (Lipinski definition) is 9. The van der Waals surface area contributed by atoms with Gasteiger partial charge in [0.2, 0.25) is 0 Å². The lowest BCUT2D eigenvalue weighted by Gasteiger charge is -2.30. The fourth-order valence-corrected chi connectivity index (χ4v) is 2.69. The van der Waals surface area contributed by atoms with Crippen LogP contribution in [0.3, 0.4) is 0 Å². The molecule has 0 spiro atoms. The number of halogens is 1. The lowest BCUT2D eigenvalue weighted by Crippen LogP contribution is -2.43. The zero-order chi connectivity index (χ0) is 19.2. The minimum absolute atomic E-state index is 0.0143. The fraction of sp³-hybridized carbons (Fsp3) is 0.471. The molecule has 1 saturated heterocycles. The molecule has 2 aromatic rings. The molecule has 1 fully saturated rings. The van der Waals surface area contributed by atoms with Crippen LogP contribution in [0, 0.1) is 11.3 Å². The molecule has 0 aromatic carbocycles. The zero-order valence-electron chi connectivity index (χ0n) is 15.2. The average molecular weight is 372 g/mol. The molecule has 2 N–H and O–H groups in total. The van der Waals surface area contributed by atoms with E-state index in [0.29, 0.717) is 30.5 Å². The number of likely N-dealkylation sites (N-methyl/N-ethyl adjacent to an activating group) is 1. The first-order valence-electron chi connectivity index (χ1n) is 8.60. The van der Waals surface area contributed by atoms with Gasteiger partial charge in [0.1, 0.15) is 23.8 Å². The fourth-order valence-electron chi connectivity index (χ4n) is 2.69. The van der Waals surface area contributed by atoms with Gasteiger partial charge in [0.05, 0.1) is 30.8 Å². The number of hydrogen-bond donors (Lipinski definition) is 2. The SMILES string of the molecule is CC(F)c1nnc(Nc2cnc(C#N)cn2)cc1NC[C@H]1CN(C)CCO1. The Morgan fingerprint density at radius 2 is 2.22 bits per heavy atom. The van der Waals surface area contributed by atoms with E-state index in [0.717, 1.165) is 13.1 Å². The van der Waals surface area contributed by atoms with Crippen molar-refractivity contribution < 1.29 is 9.13 Å². The lowest BCUT2D eigenvalue weighted by molar-refractivity contribution is -0.0117. The van der Waals surface area contributed by atoms with Gasteiger partial charge in [-0.1, -0.05) is 0 Å². The molecular formula is C17H21FN8O. The summed E-state index contributed by atoms with van der Waals surface area (Å²) in [6.07, 6.45) is 1.52. The van der Waals surface area contributed by atoms with Gasteiger partial charge in [-0.3, -0.25) is 0 Å². The molecule has 1 unspecified atom stereocenters. The van der Waals surface area contributed by atoms with Crippen molar-refractivity contribution >= 4 is 17.3 Å². The quantitative estimate of drug-likeness (QED) is 0.781. The summed E-state index contributed by atoms with van der Waals surface area (Å²) in [5.74, 6) is 0.801. The van der Waals surface area contributed by atoms with Crippen LogP contribution in [0.25, 0.3) is 0 Å². The molecule has 0 radical (unpaired) electrons. The van der Waals surface area contributed by atoms with Gasteiger partial charge in [-0.15, -0.1) is 10.2 Å². The summed E-state index contributed by atoms with van der Waals surface area (Å²) in [5.41, 5.74) is 0.990. The summed E-state index contributed by atoms with van der Waals surface area (Å²) in [5, 5.41) is 22.9. The van der Waals surface area contributed by atoms with E-state index in [1.807, 2.05) is 13.1 Å². The monoisotopic (exact) mass is 372 g/mol. The van der Waals surface area contributed by atoms with E-state index in [-0.39, 0.29) is 17.5 Å². The third-order valence-corrected chi connectivity index (χ3v) is 4.08. The van der Waals surface area contributed by atoms with Gasteiger partial charge >= 0.3 is 0 Å². The second-order valence-corrected chi connectivity index (χ2v) is 6.30. The molecule has 142 valence electrons. The van der Waals surface area contributed by atoms with Gasteiger partial charge < -0.3 is 20.3 Å². The molecule has 0 aliphatic carbocycles. The van der Waals surface area contributed by atoms with E-state index in [9.17, 15) is 4.39 Å². The van der Waals surface area contributed by atoms with E-state index in [2.05, 4.69) is 35.7 Å². The van der Waals surface area contributed by atoms with Crippen LogP contribution in [0.2, 0.25) is 0 Å². The largest absolute Gasteiger partial charge is 0.381 e. The molecule has 0 bridgehead atoms. The predicted octanol–water partition coefficient (Wildman–Crippen LogP) is 1.65. The Bertz CT molecular complexity index is 808. The lowest BCUT2D eigenvalue weighted by atomic mass is 10.2. The second-order valence-electron chi connectivity index (χ2n) is 6.30. The van der Waals surface area contributed by atoms with E-state index >= 15 is 0 Å². The topological polar surface area (TPSA) is 112 Å². The summed E-state index contributed by atoms with van der Waals surface area (Å²) in [7, 11) is 2.04. The number of aromatic nitrogens is 4.